The summed E-state index contributed by atoms with van der Waals surface area (Å²) in [4.78, 5) is 11.4. The molecule has 0 bridgehead atoms. The van der Waals surface area contributed by atoms with Crippen molar-refractivity contribution >= 4 is 11.0 Å². The van der Waals surface area contributed by atoms with Gasteiger partial charge >= 0.3 is 5.63 Å². The molecule has 0 aliphatic heterocycles. The van der Waals surface area contributed by atoms with E-state index in [2.05, 4.69) is 0 Å². The largest absolute Gasteiger partial charge is 0.467 e. The quantitative estimate of drug-likeness (QED) is 0.655. The molecule has 5 heteroatoms. The molecule has 21 heavy (non-hydrogen) atoms. The van der Waals surface area contributed by atoms with Crippen LogP contribution in [0.1, 0.15) is 25.8 Å². The van der Waals surface area contributed by atoms with E-state index in [1.165, 1.54) is 13.2 Å². The van der Waals surface area contributed by atoms with Crippen LogP contribution in [-0.4, -0.2) is 25.6 Å². The standard InChI is InChI=1S/C14H16O5.C2H6/c1-17-9-18-12-6-4-10-5-7-13(16)19-14(10)11(12)3-2-8-15;1-2/h4-7,15H,2-3,8-9H2,1H3;1-2H3. The summed E-state index contributed by atoms with van der Waals surface area (Å²) in [6, 6.07) is 6.73. The smallest absolute Gasteiger partial charge is 0.336 e. The van der Waals surface area contributed by atoms with Crippen molar-refractivity contribution in [3.8, 4) is 5.75 Å². The molecule has 0 unspecified atom stereocenters. The molecular weight excluding hydrogens is 272 g/mol. The maximum atomic E-state index is 11.4. The van der Waals surface area contributed by atoms with E-state index >= 15 is 0 Å². The fourth-order valence-corrected chi connectivity index (χ4v) is 1.92. The maximum absolute atomic E-state index is 11.4. The SMILES string of the molecule is CC.COCOc1ccc2ccc(=O)oc2c1CCCO. The average Bonchev–Trinajstić information content (AvgIpc) is 2.53. The van der Waals surface area contributed by atoms with Crippen LogP contribution >= 0.6 is 0 Å². The first-order valence-electron chi connectivity index (χ1n) is 7.04. The Hall–Kier alpha value is -1.85. The summed E-state index contributed by atoms with van der Waals surface area (Å²) in [6.07, 6.45) is 1.14. The van der Waals surface area contributed by atoms with Gasteiger partial charge in [0.05, 0.1) is 0 Å². The van der Waals surface area contributed by atoms with E-state index in [1.807, 2.05) is 26.0 Å². The van der Waals surface area contributed by atoms with Crippen LogP contribution in [0.2, 0.25) is 0 Å². The summed E-state index contributed by atoms with van der Waals surface area (Å²) in [5, 5.41) is 9.79. The van der Waals surface area contributed by atoms with Crippen LogP contribution in [-0.2, 0) is 11.2 Å². The second-order valence-electron chi connectivity index (χ2n) is 4.09. The lowest BCUT2D eigenvalue weighted by atomic mass is 10.1. The van der Waals surface area contributed by atoms with Gasteiger partial charge in [0.1, 0.15) is 11.3 Å². The molecule has 0 saturated carbocycles. The molecule has 116 valence electrons. The molecular formula is C16H22O5. The van der Waals surface area contributed by atoms with Crippen molar-refractivity contribution in [3.63, 3.8) is 0 Å². The van der Waals surface area contributed by atoms with Gasteiger partial charge in [-0.3, -0.25) is 0 Å². The highest BCUT2D eigenvalue weighted by atomic mass is 16.7. The molecule has 5 nitrogen and oxygen atoms in total. The van der Waals surface area contributed by atoms with Crippen molar-refractivity contribution < 1.29 is 19.0 Å². The lowest BCUT2D eigenvalue weighted by Crippen LogP contribution is -2.04. The lowest BCUT2D eigenvalue weighted by molar-refractivity contribution is 0.0504. The van der Waals surface area contributed by atoms with Gasteiger partial charge in [-0.15, -0.1) is 0 Å². The van der Waals surface area contributed by atoms with E-state index in [0.717, 1.165) is 10.9 Å². The average molecular weight is 294 g/mol. The molecule has 2 rings (SSSR count). The number of hydrogen-bond donors (Lipinski definition) is 1. The molecule has 0 radical (unpaired) electrons. The zero-order valence-corrected chi connectivity index (χ0v) is 12.7. The topological polar surface area (TPSA) is 68.9 Å². The highest BCUT2D eigenvalue weighted by Gasteiger charge is 2.11. The summed E-state index contributed by atoms with van der Waals surface area (Å²) < 4.78 is 15.6. The monoisotopic (exact) mass is 294 g/mol. The Morgan fingerprint density at radius 1 is 1.19 bits per heavy atom. The number of ether oxygens (including phenoxy) is 2. The molecule has 2 aromatic rings. The first-order valence-corrected chi connectivity index (χ1v) is 7.04. The predicted molar refractivity (Wildman–Crippen MR) is 81.7 cm³/mol. The summed E-state index contributed by atoms with van der Waals surface area (Å²) in [5.74, 6) is 0.608. The Morgan fingerprint density at radius 3 is 2.57 bits per heavy atom. The summed E-state index contributed by atoms with van der Waals surface area (Å²) in [6.45, 7) is 4.19. The van der Waals surface area contributed by atoms with Gasteiger partial charge in [-0.25, -0.2) is 4.79 Å². The number of aliphatic hydroxyl groups is 1. The number of aryl methyl sites for hydroxylation is 1. The number of fused-ring (bicyclic) bond motifs is 1. The second-order valence-corrected chi connectivity index (χ2v) is 4.09. The number of benzene rings is 1. The first-order chi connectivity index (χ1) is 10.3. The Balaban J connectivity index is 0.00000106. The Morgan fingerprint density at radius 2 is 1.90 bits per heavy atom. The molecule has 0 saturated heterocycles. The van der Waals surface area contributed by atoms with E-state index in [0.29, 0.717) is 24.2 Å². The van der Waals surface area contributed by atoms with Gasteiger partial charge in [0, 0.05) is 30.7 Å². The fraction of sp³-hybridized carbons (Fsp3) is 0.438. The molecule has 0 aliphatic carbocycles. The van der Waals surface area contributed by atoms with E-state index < -0.39 is 5.63 Å². The van der Waals surface area contributed by atoms with Gasteiger partial charge in [0.25, 0.3) is 0 Å². The van der Waals surface area contributed by atoms with Gasteiger partial charge in [0.15, 0.2) is 6.79 Å². The number of methoxy groups -OCH3 is 1. The zero-order valence-electron chi connectivity index (χ0n) is 12.7. The van der Waals surface area contributed by atoms with Crippen LogP contribution in [0.25, 0.3) is 11.0 Å². The van der Waals surface area contributed by atoms with Crippen LogP contribution in [0.3, 0.4) is 0 Å². The number of aliphatic hydroxyl groups excluding tert-OH is 1. The molecule has 0 amide bonds. The molecule has 0 spiro atoms. The summed E-state index contributed by atoms with van der Waals surface area (Å²) in [5.41, 5.74) is 0.887. The van der Waals surface area contributed by atoms with Crippen molar-refractivity contribution in [1.29, 1.82) is 0 Å². The minimum absolute atomic E-state index is 0.0666. The summed E-state index contributed by atoms with van der Waals surface area (Å²) in [7, 11) is 1.54. The van der Waals surface area contributed by atoms with E-state index in [9.17, 15) is 4.79 Å². The molecule has 1 aromatic carbocycles. The van der Waals surface area contributed by atoms with Gasteiger partial charge in [-0.05, 0) is 31.0 Å². The van der Waals surface area contributed by atoms with Gasteiger partial charge in [-0.1, -0.05) is 13.8 Å². The zero-order chi connectivity index (χ0) is 15.7. The van der Waals surface area contributed by atoms with Crippen LogP contribution in [0.4, 0.5) is 0 Å². The second kappa shape index (κ2) is 9.15. The predicted octanol–water partition coefficient (Wildman–Crippen LogP) is 2.73. The van der Waals surface area contributed by atoms with E-state index in [1.54, 1.807) is 6.07 Å². The normalized spacial score (nSPS) is 10.1. The highest BCUT2D eigenvalue weighted by molar-refractivity contribution is 5.82. The number of rotatable bonds is 6. The van der Waals surface area contributed by atoms with Crippen molar-refractivity contribution in [3.05, 3.63) is 40.2 Å². The molecule has 0 fully saturated rings. The van der Waals surface area contributed by atoms with E-state index in [4.69, 9.17) is 19.0 Å². The van der Waals surface area contributed by atoms with Crippen molar-refractivity contribution in [2.45, 2.75) is 26.7 Å². The van der Waals surface area contributed by atoms with E-state index in [-0.39, 0.29) is 13.4 Å². The molecule has 0 aliphatic rings. The van der Waals surface area contributed by atoms with Crippen LogP contribution in [0.5, 0.6) is 5.75 Å². The Kier molecular flexibility index (Phi) is 7.50. The maximum Gasteiger partial charge on any atom is 0.336 e. The van der Waals surface area contributed by atoms with Crippen LogP contribution in [0.15, 0.2) is 33.5 Å². The van der Waals surface area contributed by atoms with Gasteiger partial charge in [0.2, 0.25) is 0 Å². The number of hydrogen-bond acceptors (Lipinski definition) is 5. The van der Waals surface area contributed by atoms with Crippen LogP contribution in [0, 0.1) is 0 Å². The third kappa shape index (κ3) is 4.58. The molecule has 1 N–H and O–H groups in total. The van der Waals surface area contributed by atoms with Gasteiger partial charge < -0.3 is 19.0 Å². The first kappa shape index (κ1) is 17.2. The minimum atomic E-state index is -0.401. The van der Waals surface area contributed by atoms with Crippen molar-refractivity contribution in [2.24, 2.45) is 0 Å². The van der Waals surface area contributed by atoms with Crippen molar-refractivity contribution in [2.75, 3.05) is 20.5 Å². The van der Waals surface area contributed by atoms with Gasteiger partial charge in [-0.2, -0.15) is 0 Å². The Bertz CT molecular complexity index is 603. The van der Waals surface area contributed by atoms with Crippen molar-refractivity contribution in [1.82, 2.24) is 0 Å². The Labute approximate surface area is 124 Å². The highest BCUT2D eigenvalue weighted by Crippen LogP contribution is 2.28. The molecule has 0 atom stereocenters. The minimum Gasteiger partial charge on any atom is -0.467 e. The third-order valence-corrected chi connectivity index (χ3v) is 2.77. The molecule has 1 heterocycles. The van der Waals surface area contributed by atoms with Crippen LogP contribution < -0.4 is 10.4 Å². The third-order valence-electron chi connectivity index (χ3n) is 2.77. The lowest BCUT2D eigenvalue weighted by Gasteiger charge is -2.12. The molecule has 1 aromatic heterocycles. The summed E-state index contributed by atoms with van der Waals surface area (Å²) >= 11 is 0. The fourth-order valence-electron chi connectivity index (χ4n) is 1.92.